The van der Waals surface area contributed by atoms with Crippen molar-refractivity contribution in [2.75, 3.05) is 0 Å². The second-order valence-electron chi connectivity index (χ2n) is 7.13. The average molecular weight is 478 g/mol. The summed E-state index contributed by atoms with van der Waals surface area (Å²) in [4.78, 5) is 50.5. The van der Waals surface area contributed by atoms with Crippen LogP contribution in [0.2, 0.25) is 0 Å². The molecular weight excluding hydrogens is 460 g/mol. The third-order valence-electron chi connectivity index (χ3n) is 5.26. The molecule has 2 aliphatic rings. The molecule has 1 fully saturated rings. The topological polar surface area (TPSA) is 190 Å². The summed E-state index contributed by atoms with van der Waals surface area (Å²) >= 11 is 0. The van der Waals surface area contributed by atoms with Crippen LogP contribution < -0.4 is 0 Å². The van der Waals surface area contributed by atoms with E-state index in [0.29, 0.717) is 5.56 Å². The number of hydrogen-bond donors (Lipinski definition) is 1. The maximum absolute atomic E-state index is 12.8. The fourth-order valence-electron chi connectivity index (χ4n) is 3.65. The van der Waals surface area contributed by atoms with Gasteiger partial charge < -0.3 is 20.1 Å². The van der Waals surface area contributed by atoms with Crippen molar-refractivity contribution < 1.29 is 42.9 Å². The van der Waals surface area contributed by atoms with Crippen LogP contribution in [0.5, 0.6) is 0 Å². The number of non-ortho nitro benzene ring substituents is 1. The first-order chi connectivity index (χ1) is 15.6. The Kier molecular flexibility index (Phi) is 6.70. The van der Waals surface area contributed by atoms with Gasteiger partial charge in [0.15, 0.2) is 10.8 Å². The number of carboxylic acids is 1. The van der Waals surface area contributed by atoms with Gasteiger partial charge in [0, 0.05) is 12.1 Å². The molecule has 33 heavy (non-hydrogen) atoms. The van der Waals surface area contributed by atoms with Gasteiger partial charge in [-0.15, -0.1) is 0 Å². The molecule has 0 aliphatic carbocycles. The molecule has 1 amide bonds. The highest BCUT2D eigenvalue weighted by Gasteiger charge is 2.63. The van der Waals surface area contributed by atoms with E-state index in [2.05, 4.69) is 4.79 Å². The Morgan fingerprint density at radius 1 is 1.36 bits per heavy atom. The van der Waals surface area contributed by atoms with E-state index in [4.69, 9.17) is 9.47 Å². The molecular formula is C19H18N4O9S. The molecule has 1 N–H and O–H groups in total. The number of ether oxygens (including phenoxy) is 2. The monoisotopic (exact) mass is 478 g/mol. The van der Waals surface area contributed by atoms with Gasteiger partial charge in [0.1, 0.15) is 29.7 Å². The summed E-state index contributed by atoms with van der Waals surface area (Å²) < 4.78 is 23.1. The molecule has 1 unspecified atom stereocenters. The van der Waals surface area contributed by atoms with Crippen LogP contribution in [0.4, 0.5) is 10.5 Å². The number of nitro benzene ring substituents is 1. The van der Waals surface area contributed by atoms with Crippen molar-refractivity contribution in [2.24, 2.45) is 5.92 Å². The number of amides is 1. The number of nitro groups is 1. The molecule has 0 radical (unpaired) electrons. The van der Waals surface area contributed by atoms with Gasteiger partial charge in [0.2, 0.25) is 5.91 Å². The minimum Gasteiger partial charge on any atom is -0.477 e. The summed E-state index contributed by atoms with van der Waals surface area (Å²) in [6, 6.07) is 5.29. The standard InChI is InChI=1S/C19H18N4O9S/c1-3-12(32-19(27)31-8-10-4-6-11(7-5-10)23(28)29)13-16(24)22-14(18(25)26)9(2)15(21-20)33(30)17(13)22/h4-7,12-13,17H,3,8H2,1-2H3,(H,25,26)/t12?,13-,17-,33-/m0/s1. The molecule has 3 rings (SSSR count). The van der Waals surface area contributed by atoms with Crippen LogP contribution in [0, 0.1) is 16.0 Å². The lowest BCUT2D eigenvalue weighted by molar-refractivity contribution is -0.384. The second kappa shape index (κ2) is 9.30. The molecule has 13 nitrogen and oxygen atoms in total. The summed E-state index contributed by atoms with van der Waals surface area (Å²) in [5, 5.41) is 18.6. The summed E-state index contributed by atoms with van der Waals surface area (Å²) in [6.45, 7) is 2.63. The zero-order valence-electron chi connectivity index (χ0n) is 17.4. The molecule has 2 aliphatic heterocycles. The van der Waals surface area contributed by atoms with Gasteiger partial charge in [-0.3, -0.25) is 19.8 Å². The summed E-state index contributed by atoms with van der Waals surface area (Å²) in [5.41, 5.74) is 8.97. The van der Waals surface area contributed by atoms with Crippen molar-refractivity contribution in [1.29, 1.82) is 0 Å². The van der Waals surface area contributed by atoms with E-state index in [1.165, 1.54) is 31.2 Å². The molecule has 14 heteroatoms. The van der Waals surface area contributed by atoms with Crippen molar-refractivity contribution in [2.45, 2.75) is 38.4 Å². The maximum Gasteiger partial charge on any atom is 0.508 e. The molecule has 1 saturated heterocycles. The molecule has 0 saturated carbocycles. The molecule has 1 aromatic rings. The highest BCUT2D eigenvalue weighted by atomic mass is 32.2. The molecule has 174 valence electrons. The van der Waals surface area contributed by atoms with Crippen LogP contribution in [0.15, 0.2) is 35.5 Å². The number of carbonyl (C=O) groups is 3. The Hall–Kier alpha value is -3.90. The van der Waals surface area contributed by atoms with E-state index in [-0.39, 0.29) is 29.3 Å². The summed E-state index contributed by atoms with van der Waals surface area (Å²) in [5.74, 6) is -3.29. The van der Waals surface area contributed by atoms with Gasteiger partial charge in [-0.2, -0.15) is 4.79 Å². The van der Waals surface area contributed by atoms with Crippen molar-refractivity contribution in [3.8, 4) is 0 Å². The fourth-order valence-corrected chi connectivity index (χ4v) is 5.31. The number of aliphatic carboxylic acids is 1. The summed E-state index contributed by atoms with van der Waals surface area (Å²) in [6.07, 6.45) is -2.09. The van der Waals surface area contributed by atoms with Crippen LogP contribution in [0.3, 0.4) is 0 Å². The highest BCUT2D eigenvalue weighted by molar-refractivity contribution is 8.01. The number of carbonyl (C=O) groups excluding carboxylic acids is 2. The second-order valence-corrected chi connectivity index (χ2v) is 8.60. The van der Waals surface area contributed by atoms with Crippen molar-refractivity contribution in [3.63, 3.8) is 0 Å². The minimum absolute atomic E-state index is 0.108. The Balaban J connectivity index is 1.72. The Bertz CT molecular complexity index is 1140. The van der Waals surface area contributed by atoms with Crippen molar-refractivity contribution >= 4 is 39.6 Å². The lowest BCUT2D eigenvalue weighted by Gasteiger charge is -2.49. The summed E-state index contributed by atoms with van der Waals surface area (Å²) in [7, 11) is -2.06. The first-order valence-electron chi connectivity index (χ1n) is 9.59. The third-order valence-corrected chi connectivity index (χ3v) is 6.97. The van der Waals surface area contributed by atoms with Crippen LogP contribution in [-0.4, -0.2) is 58.5 Å². The fraction of sp³-hybridized carbons (Fsp3) is 0.368. The lowest BCUT2D eigenvalue weighted by atomic mass is 9.88. The predicted octanol–water partition coefficient (Wildman–Crippen LogP) is 1.56. The zero-order valence-corrected chi connectivity index (χ0v) is 18.2. The maximum atomic E-state index is 12.8. The van der Waals surface area contributed by atoms with E-state index in [1.54, 1.807) is 6.92 Å². The smallest absolute Gasteiger partial charge is 0.477 e. The van der Waals surface area contributed by atoms with Gasteiger partial charge >= 0.3 is 17.2 Å². The zero-order chi connectivity index (χ0) is 24.4. The van der Waals surface area contributed by atoms with E-state index < -0.39 is 56.8 Å². The van der Waals surface area contributed by atoms with Crippen LogP contribution in [0.1, 0.15) is 25.8 Å². The predicted molar refractivity (Wildman–Crippen MR) is 110 cm³/mol. The molecule has 0 bridgehead atoms. The Morgan fingerprint density at radius 3 is 2.52 bits per heavy atom. The number of carboxylic acid groups (broad SMARTS) is 1. The Labute approximate surface area is 188 Å². The quantitative estimate of drug-likeness (QED) is 0.151. The number of β-lactam (4-membered cyclic amide) rings is 1. The normalized spacial score (nSPS) is 22.6. The Morgan fingerprint density at radius 2 is 2.00 bits per heavy atom. The third kappa shape index (κ3) is 4.25. The molecule has 0 spiro atoms. The lowest BCUT2D eigenvalue weighted by Crippen LogP contribution is -2.69. The van der Waals surface area contributed by atoms with E-state index >= 15 is 0 Å². The molecule has 2 heterocycles. The number of benzene rings is 1. The first-order valence-corrected chi connectivity index (χ1v) is 10.8. The van der Waals surface area contributed by atoms with Gasteiger partial charge in [-0.25, -0.2) is 13.8 Å². The SMILES string of the molecule is CCC(OC(=O)OCc1ccc([N+](=O)[O-])cc1)[C@H]1C(=O)N2C(C(=O)O)=C(C)C(=[N+]=[N-])[S@](=O)[C@@H]12. The molecule has 4 atom stereocenters. The molecule has 0 aromatic heterocycles. The van der Waals surface area contributed by atoms with Crippen LogP contribution >= 0.6 is 0 Å². The largest absolute Gasteiger partial charge is 0.508 e. The van der Waals surface area contributed by atoms with E-state index in [1.807, 2.05) is 0 Å². The number of nitrogens with zero attached hydrogens (tertiary/aromatic N) is 4. The van der Waals surface area contributed by atoms with Crippen LogP contribution in [-0.2, 0) is 36.5 Å². The number of rotatable bonds is 7. The first kappa shape index (κ1) is 23.8. The van der Waals surface area contributed by atoms with Crippen molar-refractivity contribution in [3.05, 3.63) is 56.7 Å². The van der Waals surface area contributed by atoms with Gasteiger partial charge in [-0.05, 0) is 31.0 Å². The van der Waals surface area contributed by atoms with Gasteiger partial charge in [0.25, 0.3) is 5.69 Å². The highest BCUT2D eigenvalue weighted by Crippen LogP contribution is 2.42. The average Bonchev–Trinajstić information content (AvgIpc) is 2.77. The van der Waals surface area contributed by atoms with Gasteiger partial charge in [0.05, 0.1) is 10.5 Å². The minimum atomic E-state index is -2.06. The van der Waals surface area contributed by atoms with Gasteiger partial charge in [-0.1, -0.05) is 6.92 Å². The van der Waals surface area contributed by atoms with Crippen LogP contribution in [0.25, 0.3) is 5.53 Å². The number of fused-ring (bicyclic) bond motifs is 1. The van der Waals surface area contributed by atoms with E-state index in [9.17, 15) is 39.3 Å². The number of hydrogen-bond acceptors (Lipinski definition) is 8. The van der Waals surface area contributed by atoms with Crippen molar-refractivity contribution in [1.82, 2.24) is 4.90 Å². The molecule has 1 aromatic carbocycles. The van der Waals surface area contributed by atoms with E-state index in [0.717, 1.165) is 4.90 Å².